The summed E-state index contributed by atoms with van der Waals surface area (Å²) in [5, 5.41) is 8.44. The second-order valence-electron chi connectivity index (χ2n) is 1.78. The lowest BCUT2D eigenvalue weighted by molar-refractivity contribution is 1.03. The van der Waals surface area contributed by atoms with Gasteiger partial charge in [0.15, 0.2) is 3.83 Å². The highest BCUT2D eigenvalue weighted by atomic mass is 127. The highest BCUT2D eigenvalue weighted by molar-refractivity contribution is 14.1. The maximum Gasteiger partial charge on any atom is 0.192 e. The largest absolute Gasteiger partial charge is 0.228 e. The van der Waals surface area contributed by atoms with Gasteiger partial charge >= 0.3 is 0 Å². The third-order valence-electron chi connectivity index (χ3n) is 0.941. The molecule has 1 aromatic rings. The standard InChI is InChI=1S/C6H4IN3/c1-4-2-5(3-8)10-6(7)9-4/h2H,1H3. The molecule has 50 valence electrons. The molecule has 0 spiro atoms. The van der Waals surface area contributed by atoms with Gasteiger partial charge in [0, 0.05) is 28.3 Å². The second-order valence-corrected chi connectivity index (χ2v) is 2.74. The van der Waals surface area contributed by atoms with Gasteiger partial charge in [0.05, 0.1) is 0 Å². The molecule has 10 heavy (non-hydrogen) atoms. The van der Waals surface area contributed by atoms with E-state index < -0.39 is 0 Å². The highest BCUT2D eigenvalue weighted by Gasteiger charge is 1.95. The predicted molar refractivity (Wildman–Crippen MR) is 44.2 cm³/mol. The molecule has 0 aliphatic carbocycles. The lowest BCUT2D eigenvalue weighted by Crippen LogP contribution is -1.92. The van der Waals surface area contributed by atoms with Crippen molar-refractivity contribution in [2.24, 2.45) is 0 Å². The Kier molecular flexibility index (Phi) is 2.17. The first-order chi connectivity index (χ1) is 4.72. The molecule has 4 heteroatoms. The number of halogens is 1. The van der Waals surface area contributed by atoms with Crippen LogP contribution >= 0.6 is 22.6 Å². The van der Waals surface area contributed by atoms with Crippen molar-refractivity contribution in [3.8, 4) is 6.07 Å². The number of hydrogen-bond acceptors (Lipinski definition) is 3. The Labute approximate surface area is 72.3 Å². The second kappa shape index (κ2) is 2.92. The fourth-order valence-corrected chi connectivity index (χ4v) is 1.23. The molecule has 0 aliphatic rings. The number of nitrogens with zero attached hydrogens (tertiary/aromatic N) is 3. The van der Waals surface area contributed by atoms with Crippen LogP contribution in [0, 0.1) is 22.1 Å². The third-order valence-corrected chi connectivity index (χ3v) is 1.42. The molecular formula is C6H4IN3. The maximum atomic E-state index is 8.44. The Morgan fingerprint density at radius 1 is 1.60 bits per heavy atom. The van der Waals surface area contributed by atoms with Crippen LogP contribution in [-0.4, -0.2) is 9.97 Å². The number of rotatable bonds is 0. The molecule has 0 atom stereocenters. The summed E-state index contributed by atoms with van der Waals surface area (Å²) < 4.78 is 0.620. The summed E-state index contributed by atoms with van der Waals surface area (Å²) in [6.45, 7) is 1.84. The predicted octanol–water partition coefficient (Wildman–Crippen LogP) is 1.26. The smallest absolute Gasteiger partial charge is 0.192 e. The van der Waals surface area contributed by atoms with Gasteiger partial charge in [0.2, 0.25) is 0 Å². The van der Waals surface area contributed by atoms with E-state index in [-0.39, 0.29) is 0 Å². The van der Waals surface area contributed by atoms with E-state index in [1.54, 1.807) is 6.07 Å². The number of aromatic nitrogens is 2. The van der Waals surface area contributed by atoms with Crippen molar-refractivity contribution in [3.05, 3.63) is 21.3 Å². The summed E-state index contributed by atoms with van der Waals surface area (Å²) in [5.74, 6) is 0. The lowest BCUT2D eigenvalue weighted by atomic mass is 10.4. The molecular weight excluding hydrogens is 241 g/mol. The van der Waals surface area contributed by atoms with Crippen LogP contribution in [0.4, 0.5) is 0 Å². The maximum absolute atomic E-state index is 8.44. The molecule has 0 fully saturated rings. The van der Waals surface area contributed by atoms with E-state index in [9.17, 15) is 0 Å². The summed E-state index contributed by atoms with van der Waals surface area (Å²) in [6, 6.07) is 3.61. The topological polar surface area (TPSA) is 49.6 Å². The minimum absolute atomic E-state index is 0.428. The summed E-state index contributed by atoms with van der Waals surface area (Å²) >= 11 is 1.98. The van der Waals surface area contributed by atoms with Gasteiger partial charge in [-0.15, -0.1) is 0 Å². The Bertz CT molecular complexity index is 269. The van der Waals surface area contributed by atoms with Gasteiger partial charge in [-0.3, -0.25) is 0 Å². The number of hydrogen-bond donors (Lipinski definition) is 0. The van der Waals surface area contributed by atoms with Crippen LogP contribution in [0.15, 0.2) is 6.07 Å². The average Bonchev–Trinajstić information content (AvgIpc) is 1.85. The van der Waals surface area contributed by atoms with Crippen molar-refractivity contribution in [2.75, 3.05) is 0 Å². The minimum Gasteiger partial charge on any atom is -0.228 e. The molecule has 0 aromatic carbocycles. The average molecular weight is 245 g/mol. The van der Waals surface area contributed by atoms with Crippen molar-refractivity contribution in [3.63, 3.8) is 0 Å². The van der Waals surface area contributed by atoms with Gasteiger partial charge in [-0.05, 0) is 13.0 Å². The van der Waals surface area contributed by atoms with Gasteiger partial charge in [-0.25, -0.2) is 9.97 Å². The molecule has 0 bridgehead atoms. The molecule has 1 rings (SSSR count). The Balaban J connectivity index is 3.22. The van der Waals surface area contributed by atoms with Crippen molar-refractivity contribution < 1.29 is 0 Å². The molecule has 1 heterocycles. The monoisotopic (exact) mass is 245 g/mol. The Morgan fingerprint density at radius 2 is 2.30 bits per heavy atom. The Morgan fingerprint density at radius 3 is 2.80 bits per heavy atom. The van der Waals surface area contributed by atoms with E-state index in [0.29, 0.717) is 9.53 Å². The highest BCUT2D eigenvalue weighted by Crippen LogP contribution is 2.00. The quantitative estimate of drug-likeness (QED) is 0.510. The van der Waals surface area contributed by atoms with Crippen molar-refractivity contribution in [1.82, 2.24) is 9.97 Å². The zero-order valence-corrected chi connectivity index (χ0v) is 7.45. The van der Waals surface area contributed by atoms with Crippen LogP contribution in [-0.2, 0) is 0 Å². The van der Waals surface area contributed by atoms with Gasteiger partial charge in [-0.1, -0.05) is 0 Å². The van der Waals surface area contributed by atoms with E-state index in [2.05, 4.69) is 9.97 Å². The van der Waals surface area contributed by atoms with Crippen molar-refractivity contribution in [2.45, 2.75) is 6.92 Å². The van der Waals surface area contributed by atoms with Gasteiger partial charge in [0.25, 0.3) is 0 Å². The SMILES string of the molecule is Cc1cc(C#N)nc(I)n1. The van der Waals surface area contributed by atoms with Crippen molar-refractivity contribution in [1.29, 1.82) is 5.26 Å². The molecule has 0 N–H and O–H groups in total. The zero-order valence-electron chi connectivity index (χ0n) is 5.30. The van der Waals surface area contributed by atoms with Gasteiger partial charge in [-0.2, -0.15) is 5.26 Å². The molecule has 0 aliphatic heterocycles. The van der Waals surface area contributed by atoms with Gasteiger partial charge in [0.1, 0.15) is 11.8 Å². The number of aryl methyl sites for hydroxylation is 1. The fraction of sp³-hybridized carbons (Fsp3) is 0.167. The molecule has 1 aromatic heterocycles. The van der Waals surface area contributed by atoms with E-state index in [1.807, 2.05) is 35.6 Å². The van der Waals surface area contributed by atoms with Crippen LogP contribution in [0.2, 0.25) is 0 Å². The molecule has 0 saturated carbocycles. The van der Waals surface area contributed by atoms with E-state index >= 15 is 0 Å². The van der Waals surface area contributed by atoms with Crippen LogP contribution in [0.5, 0.6) is 0 Å². The first-order valence-electron chi connectivity index (χ1n) is 2.63. The zero-order chi connectivity index (χ0) is 7.56. The normalized spacial score (nSPS) is 8.90. The van der Waals surface area contributed by atoms with E-state index in [4.69, 9.17) is 5.26 Å². The van der Waals surface area contributed by atoms with Crippen LogP contribution in [0.3, 0.4) is 0 Å². The Hall–Kier alpha value is -0.700. The van der Waals surface area contributed by atoms with Crippen LogP contribution < -0.4 is 0 Å². The first-order valence-corrected chi connectivity index (χ1v) is 3.71. The summed E-state index contributed by atoms with van der Waals surface area (Å²) in [6.07, 6.45) is 0. The van der Waals surface area contributed by atoms with E-state index in [0.717, 1.165) is 5.69 Å². The summed E-state index contributed by atoms with van der Waals surface area (Å²) in [4.78, 5) is 7.87. The number of nitriles is 1. The first kappa shape index (κ1) is 7.41. The van der Waals surface area contributed by atoms with Gasteiger partial charge < -0.3 is 0 Å². The molecule has 0 radical (unpaired) electrons. The molecule has 0 amide bonds. The third kappa shape index (κ3) is 1.64. The van der Waals surface area contributed by atoms with Crippen molar-refractivity contribution >= 4 is 22.6 Å². The molecule has 0 unspecified atom stereocenters. The van der Waals surface area contributed by atoms with Crippen LogP contribution in [0.1, 0.15) is 11.4 Å². The molecule has 0 saturated heterocycles. The van der Waals surface area contributed by atoms with Crippen LogP contribution in [0.25, 0.3) is 0 Å². The fourth-order valence-electron chi connectivity index (χ4n) is 0.590. The lowest BCUT2D eigenvalue weighted by Gasteiger charge is -1.92. The summed E-state index contributed by atoms with van der Waals surface area (Å²) in [5.41, 5.74) is 1.26. The van der Waals surface area contributed by atoms with E-state index in [1.165, 1.54) is 0 Å². The summed E-state index contributed by atoms with van der Waals surface area (Å²) in [7, 11) is 0. The molecule has 3 nitrogen and oxygen atoms in total. The minimum atomic E-state index is 0.428.